The van der Waals surface area contributed by atoms with E-state index in [9.17, 15) is 0 Å². The molecule has 15 heteroatoms. The molecule has 115 heavy (non-hydrogen) atoms. The van der Waals surface area contributed by atoms with E-state index in [4.69, 9.17) is 0 Å². The Hall–Kier alpha value is -1.78. The second kappa shape index (κ2) is 46.8. The molecule has 0 aliphatic heterocycles. The van der Waals surface area contributed by atoms with Crippen LogP contribution in [0.5, 0.6) is 0 Å². The van der Waals surface area contributed by atoms with Crippen LogP contribution in [-0.2, 0) is 31.1 Å². The van der Waals surface area contributed by atoms with E-state index < -0.39 is 7.53 Å². The van der Waals surface area contributed by atoms with Crippen molar-refractivity contribution in [3.63, 3.8) is 0 Å². The van der Waals surface area contributed by atoms with Crippen molar-refractivity contribution < 1.29 is 0 Å². The molecular formula is C100H107Br8I2P5. The predicted octanol–water partition coefficient (Wildman–Crippen LogP) is 43.2. The normalized spacial score (nSPS) is 11.6. The van der Waals surface area contributed by atoms with Crippen LogP contribution in [0.25, 0.3) is 110 Å². The summed E-state index contributed by atoms with van der Waals surface area (Å²) in [5, 5.41) is 31.4. The van der Waals surface area contributed by atoms with Crippen LogP contribution in [0.4, 0.5) is 0 Å². The lowest BCUT2D eigenvalue weighted by Crippen LogP contribution is -1.86. The Morgan fingerprint density at radius 2 is 0.417 bits per heavy atom. The summed E-state index contributed by atoms with van der Waals surface area (Å²) in [6, 6.07) is 77.7. The van der Waals surface area contributed by atoms with Gasteiger partial charge in [0.05, 0.1) is 0 Å². The van der Waals surface area contributed by atoms with Gasteiger partial charge in [-0.25, -0.2) is 0 Å². The highest BCUT2D eigenvalue weighted by atomic mass is 127. The van der Waals surface area contributed by atoms with Gasteiger partial charge in [0.15, 0.2) is 0 Å². The fraction of sp³-hybridized carbons (Fsp3) is 0.340. The molecule has 0 atom stereocenters. The van der Waals surface area contributed by atoms with Crippen LogP contribution >= 0.6 is 210 Å². The van der Waals surface area contributed by atoms with E-state index in [1.807, 2.05) is 0 Å². The van der Waals surface area contributed by atoms with Gasteiger partial charge < -0.3 is 0 Å². The molecular weight excluding hydrogens is 2250 g/mol. The molecule has 0 fully saturated rings. The predicted molar refractivity (Wildman–Crippen MR) is 572 cm³/mol. The van der Waals surface area contributed by atoms with Gasteiger partial charge >= 0.3 is 0 Å². The van der Waals surface area contributed by atoms with Gasteiger partial charge in [0, 0.05) is 94.1 Å². The summed E-state index contributed by atoms with van der Waals surface area (Å²) < 4.78 is 12.3. The second-order valence-electron chi connectivity index (χ2n) is 30.7. The Bertz CT molecular complexity index is 5470. The van der Waals surface area contributed by atoms with E-state index in [-0.39, 0.29) is 30.1 Å². The van der Waals surface area contributed by atoms with Gasteiger partial charge in [-0.2, -0.15) is 0 Å². The van der Waals surface area contributed by atoms with Crippen LogP contribution in [0.2, 0.25) is 0 Å². The van der Waals surface area contributed by atoms with Crippen LogP contribution in [-0.4, -0.2) is 0 Å². The van der Waals surface area contributed by atoms with Gasteiger partial charge in [0.1, 0.15) is 0 Å². The van der Waals surface area contributed by atoms with Gasteiger partial charge in [-0.3, -0.25) is 0 Å². The molecule has 602 valence electrons. The first-order valence-electron chi connectivity index (χ1n) is 42.0. The Balaban J connectivity index is 0.000000134. The Morgan fingerprint density at radius 3 is 0.696 bits per heavy atom. The molecule has 16 rings (SSSR count). The zero-order chi connectivity index (χ0) is 80.9. The number of fused-ring (bicyclic) bond motifs is 15. The SMILES string of the molecule is CCCCCCCCc1ccc(-p2c3cc(Br)ccc3c3ccc(Br)cc32)cc1.CCCCCCCCp1c2cc(Br)ccc2c2ccc(Br)cc21.CCCCCCCCp1c2cc(I)ccc2c2ccc(I)cc21.CCCCCCp1c2cc(Br)ccc2c2ccc(Br)cc21.CCCCp1c2cc(Br)ccc2c2ccc(Br)cc21. The van der Waals surface area contributed by atoms with Crippen molar-refractivity contribution in [2.24, 2.45) is 0 Å². The summed E-state index contributed by atoms with van der Waals surface area (Å²) in [4.78, 5) is 0. The lowest BCUT2D eigenvalue weighted by atomic mass is 10.1. The summed E-state index contributed by atoms with van der Waals surface area (Å²) in [6.45, 7) is 11.4. The number of benzene rings is 11. The highest BCUT2D eigenvalue weighted by molar-refractivity contribution is 14.1. The van der Waals surface area contributed by atoms with Crippen molar-refractivity contribution in [3.05, 3.63) is 255 Å². The molecule has 0 spiro atoms. The van der Waals surface area contributed by atoms with Gasteiger partial charge in [-0.05, 0) is 294 Å². The Kier molecular flexibility index (Phi) is 37.6. The average molecular weight is 2360 g/mol. The van der Waals surface area contributed by atoms with Crippen molar-refractivity contribution in [2.45, 2.75) is 220 Å². The highest BCUT2D eigenvalue weighted by Gasteiger charge is 2.19. The van der Waals surface area contributed by atoms with Crippen molar-refractivity contribution in [3.8, 4) is 5.30 Å². The third-order valence-electron chi connectivity index (χ3n) is 22.3. The summed E-state index contributed by atoms with van der Waals surface area (Å²) >= 11 is 34.2. The van der Waals surface area contributed by atoms with Crippen LogP contribution in [0.3, 0.4) is 0 Å². The van der Waals surface area contributed by atoms with E-state index >= 15 is 0 Å². The molecule has 0 saturated carbocycles. The van der Waals surface area contributed by atoms with Crippen LogP contribution in [0, 0.1) is 7.14 Å². The maximum absolute atomic E-state index is 3.69. The molecule has 11 aromatic carbocycles. The van der Waals surface area contributed by atoms with Crippen molar-refractivity contribution >= 4 is 315 Å². The van der Waals surface area contributed by atoms with Crippen molar-refractivity contribution in [1.29, 1.82) is 0 Å². The van der Waals surface area contributed by atoms with Crippen LogP contribution in [0.15, 0.2) is 242 Å². The molecule has 5 heterocycles. The molecule has 0 aliphatic carbocycles. The van der Waals surface area contributed by atoms with E-state index in [0.717, 1.165) is 8.95 Å². The average Bonchev–Trinajstić information content (AvgIpc) is 1.62. The first kappa shape index (κ1) is 92.4. The highest BCUT2D eigenvalue weighted by Crippen LogP contribution is 2.58. The maximum Gasteiger partial charge on any atom is 0.0185 e. The minimum absolute atomic E-state index is 0.143. The quantitative estimate of drug-likeness (QED) is 0.0311. The summed E-state index contributed by atoms with van der Waals surface area (Å²) in [5.41, 5.74) is 1.47. The minimum Gasteiger partial charge on any atom is -0.109 e. The third kappa shape index (κ3) is 24.4. The molecule has 0 aliphatic rings. The molecule has 0 radical (unpaired) electrons. The lowest BCUT2D eigenvalue weighted by molar-refractivity contribution is 0.607. The minimum atomic E-state index is -0.500. The smallest absolute Gasteiger partial charge is 0.0185 e. The van der Waals surface area contributed by atoms with Gasteiger partial charge in [-0.15, -0.1) is 30.1 Å². The Morgan fingerprint density at radius 1 is 0.209 bits per heavy atom. The number of hydrogen-bond acceptors (Lipinski definition) is 0. The number of aryl methyl sites for hydroxylation is 5. The first-order valence-corrected chi connectivity index (χ1v) is 57.9. The second-order valence-corrected chi connectivity index (χ2v) is 51.7. The number of halogens is 10. The maximum atomic E-state index is 3.69. The van der Waals surface area contributed by atoms with Gasteiger partial charge in [0.25, 0.3) is 0 Å². The number of hydrogen-bond donors (Lipinski definition) is 0. The van der Waals surface area contributed by atoms with E-state index in [2.05, 4.69) is 413 Å². The molecule has 5 aromatic heterocycles. The molecule has 0 N–H and O–H groups in total. The molecule has 0 amide bonds. The first-order chi connectivity index (χ1) is 56.0. The molecule has 0 nitrogen and oxygen atoms in total. The van der Waals surface area contributed by atoms with Crippen LogP contribution in [0.1, 0.15) is 194 Å². The largest absolute Gasteiger partial charge is 0.109 e. The monoisotopic (exact) mass is 2350 g/mol. The molecule has 0 unspecified atom stereocenters. The zero-order valence-electron chi connectivity index (χ0n) is 67.2. The molecule has 16 aromatic rings. The Labute approximate surface area is 785 Å². The lowest BCUT2D eigenvalue weighted by Gasteiger charge is -2.07. The molecule has 0 bridgehead atoms. The fourth-order valence-corrected chi connectivity index (χ4v) is 36.3. The van der Waals surface area contributed by atoms with E-state index in [0.29, 0.717) is 0 Å². The molecule has 0 saturated heterocycles. The fourth-order valence-electron chi connectivity index (χ4n) is 16.4. The van der Waals surface area contributed by atoms with Crippen molar-refractivity contribution in [1.82, 2.24) is 0 Å². The van der Waals surface area contributed by atoms with Gasteiger partial charge in [0.2, 0.25) is 0 Å². The number of unbranched alkanes of at least 4 members (excludes halogenated alkanes) is 19. The topological polar surface area (TPSA) is 0 Å². The van der Waals surface area contributed by atoms with E-state index in [1.165, 1.54) is 294 Å². The summed E-state index contributed by atoms with van der Waals surface area (Å²) in [6.07, 6.45) is 39.2. The number of rotatable bonds is 30. The van der Waals surface area contributed by atoms with Crippen molar-refractivity contribution in [2.75, 3.05) is 0 Å². The summed E-state index contributed by atoms with van der Waals surface area (Å²) in [5.74, 6) is 0. The van der Waals surface area contributed by atoms with Gasteiger partial charge in [-0.1, -0.05) is 377 Å². The van der Waals surface area contributed by atoms with Crippen LogP contribution < -0.4 is 0 Å². The standard InChI is InChI=1S/C26H27Br2P.C20H23Br2P.C20H23I2P.C18H19Br2P.C16H15Br2P/c1-2-3-4-5-6-7-8-19-9-13-22(14-10-19)29-25-17-20(27)11-15-23(25)24-16-12-21(28)18-26(24)29;2*1-2-3-4-5-6-7-12-23-19-13-15(21)8-10-17(19)18-11-9-16(22)14-20(18)23;1-2-3-4-5-10-21-17-11-13(19)6-8-15(17)16-9-7-14(20)12-18(16)21;1-2-3-8-19-15-9-11(17)4-6-13(15)14-7-5-12(18)10-16(14)19/h9-18H,2-8H2,1H3;2*8-11,13-14H,2-7,12H2,1H3;6-9,11-12H,2-5,10H2,1H3;4-7,9-10H,2-3,8H2,1H3. The zero-order valence-corrected chi connectivity index (χ0v) is 88.6. The third-order valence-corrected chi connectivity index (χ3v) is 40.8. The van der Waals surface area contributed by atoms with E-state index in [1.54, 1.807) is 40.9 Å². The summed E-state index contributed by atoms with van der Waals surface area (Å²) in [7, 11) is -1.20.